The lowest BCUT2D eigenvalue weighted by Crippen LogP contribution is -2.41. The molecule has 6 heteroatoms. The summed E-state index contributed by atoms with van der Waals surface area (Å²) in [5.74, 6) is 1.14. The molecule has 1 radical (unpaired) electrons. The fourth-order valence-corrected chi connectivity index (χ4v) is 2.73. The molecule has 83 valence electrons. The first-order valence-electron chi connectivity index (χ1n) is 4.43. The maximum Gasteiger partial charge on any atom is 0.499 e. The first kappa shape index (κ1) is 14.1. The highest BCUT2D eigenvalue weighted by molar-refractivity contribution is 8.12. The van der Waals surface area contributed by atoms with E-state index in [1.54, 1.807) is 33.1 Å². The highest BCUT2D eigenvalue weighted by Crippen LogP contribution is 2.10. The molecule has 0 N–H and O–H groups in total. The summed E-state index contributed by atoms with van der Waals surface area (Å²) >= 11 is 1.66. The van der Waals surface area contributed by atoms with Gasteiger partial charge in [-0.15, -0.1) is 11.8 Å². The molecule has 14 heavy (non-hydrogen) atoms. The van der Waals surface area contributed by atoms with Crippen molar-refractivity contribution in [2.24, 2.45) is 4.99 Å². The normalized spacial score (nSPS) is 15.1. The van der Waals surface area contributed by atoms with Gasteiger partial charge >= 0.3 is 8.80 Å². The number of nitrogens with zero attached hydrogens (tertiary/aromatic N) is 1. The van der Waals surface area contributed by atoms with Crippen molar-refractivity contribution in [2.45, 2.75) is 13.0 Å². The topological polar surface area (TPSA) is 40.0 Å². The lowest BCUT2D eigenvalue weighted by atomic mass is 10.8. The van der Waals surface area contributed by atoms with Crippen LogP contribution in [0.4, 0.5) is 0 Å². The molecule has 0 spiro atoms. The van der Waals surface area contributed by atoms with Crippen molar-refractivity contribution in [2.75, 3.05) is 33.6 Å². The molecular formula is C8H18NO3SSi. The van der Waals surface area contributed by atoms with Gasteiger partial charge < -0.3 is 13.3 Å². The maximum atomic E-state index is 5.08. The monoisotopic (exact) mass is 236 g/mol. The van der Waals surface area contributed by atoms with Crippen LogP contribution < -0.4 is 0 Å². The summed E-state index contributed by atoms with van der Waals surface area (Å²) in [7, 11) is 2.65. The van der Waals surface area contributed by atoms with Gasteiger partial charge in [0.15, 0.2) is 0 Å². The summed E-state index contributed by atoms with van der Waals surface area (Å²) in [5.41, 5.74) is 2.76. The van der Waals surface area contributed by atoms with Crippen molar-refractivity contribution in [3.63, 3.8) is 0 Å². The summed E-state index contributed by atoms with van der Waals surface area (Å²) in [5, 5.41) is 0. The first-order chi connectivity index (χ1) is 6.74. The van der Waals surface area contributed by atoms with Crippen molar-refractivity contribution in [1.29, 1.82) is 0 Å². The first-order valence-corrected chi connectivity index (χ1v) is 7.35. The molecule has 0 aliphatic carbocycles. The zero-order valence-corrected chi connectivity index (χ0v) is 11.0. The summed E-state index contributed by atoms with van der Waals surface area (Å²) in [6.07, 6.45) is 0. The summed E-state index contributed by atoms with van der Waals surface area (Å²) < 4.78 is 15.2. The van der Waals surface area contributed by atoms with Crippen LogP contribution in [-0.4, -0.2) is 48.0 Å². The molecule has 0 bridgehead atoms. The molecule has 0 aromatic rings. The molecule has 0 amide bonds. The lowest BCUT2D eigenvalue weighted by Gasteiger charge is -2.22. The molecule has 1 aliphatic rings. The van der Waals surface area contributed by atoms with Crippen LogP contribution in [0, 0.1) is 0 Å². The molecule has 0 fully saturated rings. The van der Waals surface area contributed by atoms with Gasteiger partial charge in [0.1, 0.15) is 5.55 Å². The number of aliphatic imine (C=N–C) groups is 1. The smallest absolute Gasteiger partial charge is 0.377 e. The Morgan fingerprint density at radius 1 is 1.29 bits per heavy atom. The summed E-state index contributed by atoms with van der Waals surface area (Å²) in [6.45, 7) is 2.97. The average molecular weight is 236 g/mol. The lowest BCUT2D eigenvalue weighted by molar-refractivity contribution is 0.125. The highest BCUT2D eigenvalue weighted by Gasteiger charge is 2.34. The minimum Gasteiger partial charge on any atom is -0.377 e. The van der Waals surface area contributed by atoms with E-state index in [1.807, 2.05) is 6.92 Å². The molecule has 0 atom stereocenters. The summed E-state index contributed by atoms with van der Waals surface area (Å²) in [4.78, 5) is 3.80. The average Bonchev–Trinajstić information content (AvgIpc) is 2.80. The minimum absolute atomic E-state index is 0.816. The Morgan fingerprint density at radius 2 is 1.86 bits per heavy atom. The van der Waals surface area contributed by atoms with Gasteiger partial charge in [0.2, 0.25) is 0 Å². The van der Waals surface area contributed by atoms with E-state index in [1.165, 1.54) is 0 Å². The Morgan fingerprint density at radius 3 is 1.93 bits per heavy atom. The van der Waals surface area contributed by atoms with Crippen LogP contribution in [0.1, 0.15) is 6.92 Å². The number of thioether (sulfide) groups is 1. The Balaban J connectivity index is 0.000000280. The van der Waals surface area contributed by atoms with E-state index in [9.17, 15) is 0 Å². The van der Waals surface area contributed by atoms with Crippen LogP contribution >= 0.6 is 11.8 Å². The number of rotatable bonds is 4. The fourth-order valence-electron chi connectivity index (χ4n) is 0.911. The van der Waals surface area contributed by atoms with Crippen molar-refractivity contribution >= 4 is 26.1 Å². The Kier molecular flexibility index (Phi) is 8.50. The third-order valence-corrected chi connectivity index (χ3v) is 5.18. The second-order valence-corrected chi connectivity index (χ2v) is 6.65. The third-order valence-electron chi connectivity index (χ3n) is 1.80. The van der Waals surface area contributed by atoms with Gasteiger partial charge in [0.05, 0.1) is 0 Å². The Bertz CT molecular complexity index is 141. The van der Waals surface area contributed by atoms with Gasteiger partial charge in [-0.05, 0) is 0 Å². The predicted molar refractivity (Wildman–Crippen MR) is 62.0 cm³/mol. The molecule has 0 unspecified atom stereocenters. The second kappa shape index (κ2) is 8.43. The third kappa shape index (κ3) is 5.11. The molecule has 4 nitrogen and oxygen atoms in total. The van der Waals surface area contributed by atoms with Crippen LogP contribution in [0.2, 0.25) is 6.04 Å². The van der Waals surface area contributed by atoms with E-state index in [2.05, 4.69) is 10.5 Å². The molecular weight excluding hydrogens is 218 g/mol. The van der Waals surface area contributed by atoms with Crippen LogP contribution in [-0.2, 0) is 13.3 Å². The summed E-state index contributed by atoms with van der Waals surface area (Å²) in [6, 6.07) is 0.816. The van der Waals surface area contributed by atoms with Crippen LogP contribution in [0.15, 0.2) is 4.99 Å². The van der Waals surface area contributed by atoms with Gasteiger partial charge in [-0.25, -0.2) is 0 Å². The van der Waals surface area contributed by atoms with E-state index in [-0.39, 0.29) is 0 Å². The van der Waals surface area contributed by atoms with Crippen molar-refractivity contribution in [1.82, 2.24) is 0 Å². The van der Waals surface area contributed by atoms with Crippen LogP contribution in [0.25, 0.3) is 0 Å². The second-order valence-electron chi connectivity index (χ2n) is 2.47. The van der Waals surface area contributed by atoms with Crippen LogP contribution in [0.3, 0.4) is 0 Å². The highest BCUT2D eigenvalue weighted by atomic mass is 32.2. The minimum atomic E-state index is -2.19. The van der Waals surface area contributed by atoms with Crippen molar-refractivity contribution < 1.29 is 13.3 Å². The van der Waals surface area contributed by atoms with E-state index >= 15 is 0 Å². The van der Waals surface area contributed by atoms with Gasteiger partial charge in [0.25, 0.3) is 0 Å². The largest absolute Gasteiger partial charge is 0.499 e. The molecule has 1 heterocycles. The molecule has 0 saturated carbocycles. The zero-order valence-electron chi connectivity index (χ0n) is 9.20. The van der Waals surface area contributed by atoms with Gasteiger partial charge in [-0.1, -0.05) is 6.92 Å². The van der Waals surface area contributed by atoms with Gasteiger partial charge in [0, 0.05) is 39.7 Å². The maximum absolute atomic E-state index is 5.08. The Labute approximate surface area is 91.4 Å². The van der Waals surface area contributed by atoms with Crippen molar-refractivity contribution in [3.8, 4) is 0 Å². The van der Waals surface area contributed by atoms with E-state index in [0.29, 0.717) is 0 Å². The van der Waals surface area contributed by atoms with E-state index in [0.717, 1.165) is 18.3 Å². The number of hydrogen-bond donors (Lipinski definition) is 0. The standard InChI is InChI=1S/C5H14O3Si.C3H4NS/c1-5-9(6-2,7-3)8-4;1-2-5-3-4-1/h5H2,1-4H3;1-2H2. The number of hydrogen-bond acceptors (Lipinski definition) is 5. The van der Waals surface area contributed by atoms with Gasteiger partial charge in [-0.2, -0.15) is 0 Å². The molecule has 1 rings (SSSR count). The molecule has 1 aliphatic heterocycles. The quantitative estimate of drug-likeness (QED) is 0.694. The van der Waals surface area contributed by atoms with Crippen molar-refractivity contribution in [3.05, 3.63) is 0 Å². The molecule has 0 aromatic carbocycles. The van der Waals surface area contributed by atoms with Crippen LogP contribution in [0.5, 0.6) is 0 Å². The SMILES string of the molecule is CC[Si](OC)(OC)OC.[C]1=NCCS1. The van der Waals surface area contributed by atoms with E-state index < -0.39 is 8.80 Å². The fraction of sp³-hybridized carbons (Fsp3) is 0.875. The Hall–Kier alpha value is 0.117. The molecule has 0 aromatic heterocycles. The zero-order chi connectivity index (χ0) is 10.9. The predicted octanol–water partition coefficient (Wildman–Crippen LogP) is 1.52. The van der Waals surface area contributed by atoms with E-state index in [4.69, 9.17) is 13.3 Å². The van der Waals surface area contributed by atoms with Gasteiger partial charge in [-0.3, -0.25) is 4.99 Å². The molecule has 0 saturated heterocycles.